The van der Waals surface area contributed by atoms with Gasteiger partial charge in [0.05, 0.1) is 26.2 Å². The van der Waals surface area contributed by atoms with Gasteiger partial charge >= 0.3 is 0 Å². The van der Waals surface area contributed by atoms with Crippen molar-refractivity contribution in [1.82, 2.24) is 9.88 Å². The summed E-state index contributed by atoms with van der Waals surface area (Å²) in [5.41, 5.74) is 2.02. The van der Waals surface area contributed by atoms with Crippen LogP contribution in [0.4, 0.5) is 4.39 Å². The molecule has 3 rings (SSSR count). The molecule has 0 atom stereocenters. The van der Waals surface area contributed by atoms with Gasteiger partial charge in [-0.3, -0.25) is 4.79 Å². The minimum absolute atomic E-state index is 0.159. The van der Waals surface area contributed by atoms with Crippen LogP contribution in [0.5, 0.6) is 0 Å². The van der Waals surface area contributed by atoms with E-state index in [9.17, 15) is 9.18 Å². The molecule has 2 heterocycles. The van der Waals surface area contributed by atoms with Gasteiger partial charge in [0, 0.05) is 17.9 Å². The van der Waals surface area contributed by atoms with Gasteiger partial charge in [-0.15, -0.1) is 11.3 Å². The molecule has 0 aliphatic carbocycles. The molecule has 4 nitrogen and oxygen atoms in total. The third kappa shape index (κ3) is 3.51. The zero-order chi connectivity index (χ0) is 15.5. The maximum Gasteiger partial charge on any atom is 0.219 e. The molecule has 1 saturated heterocycles. The molecule has 1 N–H and O–H groups in total. The molecule has 1 amide bonds. The summed E-state index contributed by atoms with van der Waals surface area (Å²) in [6.45, 7) is 6.06. The molecule has 1 aliphatic heterocycles. The number of carbonyl (C=O) groups is 1. The Balaban J connectivity index is 1.60. The molecule has 2 aromatic rings. The smallest absolute Gasteiger partial charge is 0.219 e. The number of hydrogen-bond acceptors (Lipinski definition) is 3. The van der Waals surface area contributed by atoms with Gasteiger partial charge in [0.25, 0.3) is 0 Å². The van der Waals surface area contributed by atoms with Crippen molar-refractivity contribution in [2.75, 3.05) is 26.2 Å². The maximum atomic E-state index is 13.0. The summed E-state index contributed by atoms with van der Waals surface area (Å²) >= 11 is 1.59. The van der Waals surface area contributed by atoms with Gasteiger partial charge in [0.2, 0.25) is 5.91 Å². The minimum atomic E-state index is -0.228. The average Bonchev–Trinajstić information content (AvgIpc) is 2.97. The zero-order valence-electron chi connectivity index (χ0n) is 12.5. The second kappa shape index (κ2) is 6.54. The van der Waals surface area contributed by atoms with Crippen LogP contribution in [-0.2, 0) is 11.3 Å². The van der Waals surface area contributed by atoms with Crippen LogP contribution in [0.15, 0.2) is 29.6 Å². The van der Waals surface area contributed by atoms with Gasteiger partial charge in [-0.1, -0.05) is 0 Å². The Labute approximate surface area is 133 Å². The first-order valence-corrected chi connectivity index (χ1v) is 8.29. The maximum absolute atomic E-state index is 13.0. The van der Waals surface area contributed by atoms with Crippen LogP contribution < -0.4 is 4.90 Å². The number of nitrogens with one attached hydrogen (secondary N) is 1. The fourth-order valence-electron chi connectivity index (χ4n) is 2.68. The fraction of sp³-hybridized carbons (Fsp3) is 0.375. The zero-order valence-corrected chi connectivity index (χ0v) is 13.3. The Morgan fingerprint density at radius 2 is 2.00 bits per heavy atom. The van der Waals surface area contributed by atoms with E-state index in [1.54, 1.807) is 30.4 Å². The number of piperazine rings is 1. The van der Waals surface area contributed by atoms with E-state index in [1.165, 1.54) is 17.0 Å². The van der Waals surface area contributed by atoms with Crippen LogP contribution in [0.3, 0.4) is 0 Å². The Morgan fingerprint density at radius 3 is 2.64 bits per heavy atom. The molecule has 0 radical (unpaired) electrons. The van der Waals surface area contributed by atoms with E-state index < -0.39 is 0 Å². The summed E-state index contributed by atoms with van der Waals surface area (Å²) in [6, 6.07) is 6.44. The lowest BCUT2D eigenvalue weighted by atomic mass is 10.2. The van der Waals surface area contributed by atoms with E-state index in [0.29, 0.717) is 0 Å². The molecular weight excluding hydrogens is 301 g/mol. The Hall–Kier alpha value is -1.79. The number of amides is 1. The molecule has 1 fully saturated rings. The number of aromatic nitrogens is 1. The van der Waals surface area contributed by atoms with E-state index >= 15 is 0 Å². The molecule has 1 aromatic carbocycles. The molecule has 0 saturated carbocycles. The van der Waals surface area contributed by atoms with Crippen molar-refractivity contribution in [3.63, 3.8) is 0 Å². The highest BCUT2D eigenvalue weighted by molar-refractivity contribution is 7.13. The number of quaternary nitrogens is 1. The topological polar surface area (TPSA) is 37.6 Å². The summed E-state index contributed by atoms with van der Waals surface area (Å²) < 4.78 is 13.0. The van der Waals surface area contributed by atoms with Gasteiger partial charge in [0.1, 0.15) is 23.1 Å². The van der Waals surface area contributed by atoms with Gasteiger partial charge in [0.15, 0.2) is 0 Å². The van der Waals surface area contributed by atoms with E-state index in [4.69, 9.17) is 0 Å². The minimum Gasteiger partial charge on any atom is -0.332 e. The highest BCUT2D eigenvalue weighted by Gasteiger charge is 2.22. The van der Waals surface area contributed by atoms with E-state index in [1.807, 2.05) is 4.90 Å². The van der Waals surface area contributed by atoms with Crippen LogP contribution in [0.2, 0.25) is 0 Å². The van der Waals surface area contributed by atoms with E-state index in [-0.39, 0.29) is 11.7 Å². The first-order chi connectivity index (χ1) is 10.6. The summed E-state index contributed by atoms with van der Waals surface area (Å²) in [4.78, 5) is 19.3. The number of nitrogens with zero attached hydrogens (tertiary/aromatic N) is 2. The molecule has 6 heteroatoms. The van der Waals surface area contributed by atoms with Crippen LogP contribution >= 0.6 is 11.3 Å². The second-order valence-corrected chi connectivity index (χ2v) is 6.44. The molecule has 1 aliphatic rings. The van der Waals surface area contributed by atoms with Crippen molar-refractivity contribution >= 4 is 17.2 Å². The standard InChI is InChI=1S/C16H18FN3OS/c1-12(21)20-8-6-19(7-9-20)10-15-11-22-16(18-15)13-2-4-14(17)5-3-13/h2-5,11H,6-10H2,1H3/p+1. The van der Waals surface area contributed by atoms with Crippen molar-refractivity contribution in [2.24, 2.45) is 0 Å². The highest BCUT2D eigenvalue weighted by atomic mass is 32.1. The van der Waals surface area contributed by atoms with Crippen LogP contribution in [0.25, 0.3) is 10.6 Å². The normalized spacial score (nSPS) is 16.0. The lowest BCUT2D eigenvalue weighted by Crippen LogP contribution is -3.13. The predicted octanol–water partition coefficient (Wildman–Crippen LogP) is 1.20. The number of thiazole rings is 1. The molecule has 0 spiro atoms. The van der Waals surface area contributed by atoms with Gasteiger partial charge in [-0.05, 0) is 24.3 Å². The molecular formula is C16H19FN3OS+. The fourth-order valence-corrected chi connectivity index (χ4v) is 3.51. The SMILES string of the molecule is CC(=O)N1CC[NH+](Cc2csc(-c3ccc(F)cc3)n2)CC1. The lowest BCUT2D eigenvalue weighted by Gasteiger charge is -2.31. The number of hydrogen-bond donors (Lipinski definition) is 1. The van der Waals surface area contributed by atoms with Gasteiger partial charge in [-0.25, -0.2) is 9.37 Å². The van der Waals surface area contributed by atoms with E-state index in [2.05, 4.69) is 10.4 Å². The Kier molecular flexibility index (Phi) is 4.49. The van der Waals surface area contributed by atoms with Crippen LogP contribution in [0, 0.1) is 5.82 Å². The Bertz CT molecular complexity index is 648. The molecule has 1 aromatic heterocycles. The van der Waals surface area contributed by atoms with Crippen molar-refractivity contribution < 1.29 is 14.1 Å². The number of carbonyl (C=O) groups excluding carboxylic acids is 1. The first kappa shape index (κ1) is 15.1. The summed E-state index contributed by atoms with van der Waals surface area (Å²) in [5.74, 6) is -0.0698. The highest BCUT2D eigenvalue weighted by Crippen LogP contribution is 2.23. The first-order valence-electron chi connectivity index (χ1n) is 7.41. The van der Waals surface area contributed by atoms with Gasteiger partial charge in [-0.2, -0.15) is 0 Å². The Morgan fingerprint density at radius 1 is 1.32 bits per heavy atom. The largest absolute Gasteiger partial charge is 0.332 e. The molecule has 0 unspecified atom stereocenters. The number of halogens is 1. The van der Waals surface area contributed by atoms with Crippen molar-refractivity contribution in [1.29, 1.82) is 0 Å². The monoisotopic (exact) mass is 320 g/mol. The third-order valence-corrected chi connectivity index (χ3v) is 4.93. The molecule has 0 bridgehead atoms. The predicted molar refractivity (Wildman–Crippen MR) is 84.2 cm³/mol. The van der Waals surface area contributed by atoms with Crippen LogP contribution in [0.1, 0.15) is 12.6 Å². The number of rotatable bonds is 3. The quantitative estimate of drug-likeness (QED) is 0.923. The summed E-state index contributed by atoms with van der Waals surface area (Å²) in [5, 5.41) is 3.00. The molecule has 116 valence electrons. The number of benzene rings is 1. The third-order valence-electron chi connectivity index (χ3n) is 3.99. The summed E-state index contributed by atoms with van der Waals surface area (Å²) in [6.07, 6.45) is 0. The lowest BCUT2D eigenvalue weighted by molar-refractivity contribution is -0.917. The summed E-state index contributed by atoms with van der Waals surface area (Å²) in [7, 11) is 0. The van der Waals surface area contributed by atoms with Crippen molar-refractivity contribution in [2.45, 2.75) is 13.5 Å². The van der Waals surface area contributed by atoms with Crippen molar-refractivity contribution in [3.8, 4) is 10.6 Å². The van der Waals surface area contributed by atoms with Crippen LogP contribution in [-0.4, -0.2) is 42.0 Å². The average molecular weight is 320 g/mol. The molecule has 22 heavy (non-hydrogen) atoms. The second-order valence-electron chi connectivity index (χ2n) is 5.58. The van der Waals surface area contributed by atoms with Gasteiger partial charge < -0.3 is 9.80 Å². The van der Waals surface area contributed by atoms with E-state index in [0.717, 1.165) is 49.0 Å². The van der Waals surface area contributed by atoms with Crippen molar-refractivity contribution in [3.05, 3.63) is 41.2 Å².